The second-order valence-corrected chi connectivity index (χ2v) is 9.65. The predicted octanol–water partition coefficient (Wildman–Crippen LogP) is 4.75. The average Bonchev–Trinajstić information content (AvgIpc) is 2.85. The number of anilines is 1. The molecule has 0 amide bonds. The summed E-state index contributed by atoms with van der Waals surface area (Å²) in [5, 5.41) is 32.7. The molecule has 0 saturated carbocycles. The molecule has 0 aliphatic heterocycles. The van der Waals surface area contributed by atoms with E-state index in [9.17, 15) is 19.7 Å². The van der Waals surface area contributed by atoms with Gasteiger partial charge in [0.1, 0.15) is 28.7 Å². The average molecular weight is 530 g/mol. The van der Waals surface area contributed by atoms with Crippen molar-refractivity contribution < 1.29 is 24.1 Å². The van der Waals surface area contributed by atoms with Gasteiger partial charge in [-0.05, 0) is 45.4 Å². The molecule has 0 bridgehead atoms. The summed E-state index contributed by atoms with van der Waals surface area (Å²) in [7, 11) is 0. The maximum absolute atomic E-state index is 15.1. The van der Waals surface area contributed by atoms with Crippen molar-refractivity contribution in [1.82, 2.24) is 19.9 Å². The second kappa shape index (κ2) is 10.2. The maximum atomic E-state index is 15.1. The zero-order valence-corrected chi connectivity index (χ0v) is 21.3. The van der Waals surface area contributed by atoms with Crippen LogP contribution < -0.4 is 5.32 Å². The highest BCUT2D eigenvalue weighted by molar-refractivity contribution is 6.35. The van der Waals surface area contributed by atoms with Crippen LogP contribution in [-0.4, -0.2) is 41.9 Å². The van der Waals surface area contributed by atoms with E-state index in [0.29, 0.717) is 16.9 Å². The number of aryl methyl sites for hydroxylation is 1. The van der Waals surface area contributed by atoms with Gasteiger partial charge in [-0.25, -0.2) is 28.7 Å². The fourth-order valence-corrected chi connectivity index (χ4v) is 4.05. The first-order valence-electron chi connectivity index (χ1n) is 11.5. The predicted molar refractivity (Wildman–Crippen MR) is 136 cm³/mol. The maximum Gasteiger partial charge on any atom is 0.159 e. The van der Waals surface area contributed by atoms with E-state index in [2.05, 4.69) is 25.3 Å². The van der Waals surface area contributed by atoms with Gasteiger partial charge in [-0.3, -0.25) is 0 Å². The van der Waals surface area contributed by atoms with Gasteiger partial charge in [-0.15, -0.1) is 0 Å². The van der Waals surface area contributed by atoms with Gasteiger partial charge in [0.05, 0.1) is 34.6 Å². The lowest BCUT2D eigenvalue weighted by Gasteiger charge is -2.21. The van der Waals surface area contributed by atoms with Crippen molar-refractivity contribution in [2.75, 3.05) is 11.9 Å². The highest BCUT2D eigenvalue weighted by Crippen LogP contribution is 2.36. The number of aliphatic hydroxyl groups excluding tert-OH is 2. The molecule has 4 N–H and O–H groups in total. The Balaban J connectivity index is 1.81. The highest BCUT2D eigenvalue weighted by Gasteiger charge is 2.23. The van der Waals surface area contributed by atoms with Crippen molar-refractivity contribution in [2.24, 2.45) is 0 Å². The van der Waals surface area contributed by atoms with Crippen LogP contribution in [0.5, 0.6) is 0 Å². The Labute approximate surface area is 217 Å². The zero-order chi connectivity index (χ0) is 27.1. The van der Waals surface area contributed by atoms with Crippen molar-refractivity contribution in [3.8, 4) is 11.3 Å². The summed E-state index contributed by atoms with van der Waals surface area (Å²) >= 11 is 6.58. The van der Waals surface area contributed by atoms with Crippen molar-refractivity contribution in [3.63, 3.8) is 0 Å². The highest BCUT2D eigenvalue weighted by atomic mass is 35.5. The van der Waals surface area contributed by atoms with E-state index in [1.807, 2.05) is 0 Å². The molecule has 37 heavy (non-hydrogen) atoms. The SMILES string of the molecule is Cc1nc2cc(F)c(-c3cnc(C(C)(C)O)nc3)nc2c(NC(C)c2cc(C(O)CO)ccc2F)c1Cl. The van der Waals surface area contributed by atoms with E-state index in [1.54, 1.807) is 13.8 Å². The molecule has 0 saturated heterocycles. The molecule has 0 aliphatic rings. The summed E-state index contributed by atoms with van der Waals surface area (Å²) < 4.78 is 29.8. The smallest absolute Gasteiger partial charge is 0.159 e. The van der Waals surface area contributed by atoms with E-state index >= 15 is 4.39 Å². The Morgan fingerprint density at radius 2 is 1.76 bits per heavy atom. The van der Waals surface area contributed by atoms with Crippen LogP contribution in [0.25, 0.3) is 22.3 Å². The van der Waals surface area contributed by atoms with Gasteiger partial charge in [-0.2, -0.15) is 0 Å². The van der Waals surface area contributed by atoms with Crippen LogP contribution in [0.3, 0.4) is 0 Å². The molecular formula is C26H26ClF2N5O3. The van der Waals surface area contributed by atoms with Crippen LogP contribution in [-0.2, 0) is 5.60 Å². The van der Waals surface area contributed by atoms with Crippen LogP contribution in [0, 0.1) is 18.6 Å². The third-order valence-corrected chi connectivity index (χ3v) is 6.36. The number of aliphatic hydroxyl groups is 3. The van der Waals surface area contributed by atoms with E-state index < -0.39 is 36.0 Å². The molecule has 2 unspecified atom stereocenters. The number of halogens is 3. The number of nitrogens with one attached hydrogen (secondary N) is 1. The van der Waals surface area contributed by atoms with Gasteiger partial charge in [0.25, 0.3) is 0 Å². The first-order chi connectivity index (χ1) is 17.4. The standard InChI is InChI=1S/C26H26ClF2N5O3/c1-12(16-7-14(20(36)11-35)5-6-17(16)28)33-24-21(27)13(2)32-19-8-18(29)22(34-23(19)24)15-9-30-25(31-10-15)26(3,4)37/h5-10,12,20,35-37H,11H2,1-4H3,(H,32,33). The van der Waals surface area contributed by atoms with Gasteiger partial charge in [0, 0.05) is 29.6 Å². The Bertz CT molecular complexity index is 1460. The van der Waals surface area contributed by atoms with Gasteiger partial charge < -0.3 is 20.6 Å². The molecule has 0 spiro atoms. The summed E-state index contributed by atoms with van der Waals surface area (Å²) in [5.41, 5.74) is 0.754. The van der Waals surface area contributed by atoms with E-state index in [1.165, 1.54) is 50.5 Å². The molecular weight excluding hydrogens is 504 g/mol. The van der Waals surface area contributed by atoms with Gasteiger partial charge >= 0.3 is 0 Å². The van der Waals surface area contributed by atoms with Crippen molar-refractivity contribution in [1.29, 1.82) is 0 Å². The quantitative estimate of drug-likeness (QED) is 0.270. The van der Waals surface area contributed by atoms with Gasteiger partial charge in [-0.1, -0.05) is 17.7 Å². The molecule has 8 nitrogen and oxygen atoms in total. The zero-order valence-electron chi connectivity index (χ0n) is 20.6. The Kier molecular flexibility index (Phi) is 7.38. The molecule has 194 valence electrons. The number of aromatic nitrogens is 4. The van der Waals surface area contributed by atoms with Gasteiger partial charge in [0.2, 0.25) is 0 Å². The molecule has 11 heteroatoms. The van der Waals surface area contributed by atoms with E-state index in [4.69, 9.17) is 11.6 Å². The molecule has 3 heterocycles. The first-order valence-corrected chi connectivity index (χ1v) is 11.8. The second-order valence-electron chi connectivity index (χ2n) is 9.27. The van der Waals surface area contributed by atoms with Crippen molar-refractivity contribution in [3.05, 3.63) is 76.0 Å². The summed E-state index contributed by atoms with van der Waals surface area (Å²) in [6, 6.07) is 4.63. The van der Waals surface area contributed by atoms with Crippen LogP contribution in [0.15, 0.2) is 36.7 Å². The van der Waals surface area contributed by atoms with Crippen molar-refractivity contribution >= 4 is 28.3 Å². The van der Waals surface area contributed by atoms with Gasteiger partial charge in [0.15, 0.2) is 11.6 Å². The largest absolute Gasteiger partial charge is 0.393 e. The molecule has 0 aliphatic carbocycles. The molecule has 4 aromatic rings. The molecule has 0 radical (unpaired) electrons. The lowest BCUT2D eigenvalue weighted by Crippen LogP contribution is -2.19. The third-order valence-electron chi connectivity index (χ3n) is 5.90. The molecule has 0 fully saturated rings. The fraction of sp³-hybridized carbons (Fsp3) is 0.308. The summed E-state index contributed by atoms with van der Waals surface area (Å²) in [5.74, 6) is -1.01. The number of benzene rings is 1. The summed E-state index contributed by atoms with van der Waals surface area (Å²) in [6.07, 6.45) is 1.57. The summed E-state index contributed by atoms with van der Waals surface area (Å²) in [6.45, 7) is 5.92. The lowest BCUT2D eigenvalue weighted by molar-refractivity contribution is 0.0687. The first kappa shape index (κ1) is 26.7. The normalized spacial score (nSPS) is 13.6. The Morgan fingerprint density at radius 1 is 1.08 bits per heavy atom. The summed E-state index contributed by atoms with van der Waals surface area (Å²) in [4.78, 5) is 17.1. The minimum Gasteiger partial charge on any atom is -0.393 e. The number of hydrogen-bond acceptors (Lipinski definition) is 8. The van der Waals surface area contributed by atoms with Crippen LogP contribution >= 0.6 is 11.6 Å². The van der Waals surface area contributed by atoms with E-state index in [0.717, 1.165) is 0 Å². The Morgan fingerprint density at radius 3 is 2.38 bits per heavy atom. The van der Waals surface area contributed by atoms with Crippen LogP contribution in [0.4, 0.5) is 14.5 Å². The topological polar surface area (TPSA) is 124 Å². The number of nitrogens with zero attached hydrogens (tertiary/aromatic N) is 4. The Hall–Kier alpha value is -3.31. The minimum absolute atomic E-state index is 0.0496. The van der Waals surface area contributed by atoms with Crippen molar-refractivity contribution in [2.45, 2.75) is 45.4 Å². The number of hydrogen-bond donors (Lipinski definition) is 4. The number of fused-ring (bicyclic) bond motifs is 1. The number of pyridine rings is 2. The lowest BCUT2D eigenvalue weighted by atomic mass is 10.0. The van der Waals surface area contributed by atoms with Crippen LogP contribution in [0.2, 0.25) is 5.02 Å². The molecule has 1 aromatic carbocycles. The molecule has 4 rings (SSSR count). The third kappa shape index (κ3) is 5.37. The molecule has 2 atom stereocenters. The monoisotopic (exact) mass is 529 g/mol. The minimum atomic E-state index is -1.27. The van der Waals surface area contributed by atoms with E-state index in [-0.39, 0.29) is 38.7 Å². The number of rotatable bonds is 7. The fourth-order valence-electron chi connectivity index (χ4n) is 3.86. The van der Waals surface area contributed by atoms with Crippen LogP contribution in [0.1, 0.15) is 55.6 Å². The molecule has 3 aromatic heterocycles.